The number of aromatic amines is 1. The monoisotopic (exact) mass is 363 g/mol. The number of nitrogens with zero attached hydrogens (tertiary/aromatic N) is 3. The van der Waals surface area contributed by atoms with Crippen LogP contribution in [0.2, 0.25) is 0 Å². The Morgan fingerprint density at radius 3 is 3.00 bits per heavy atom. The molecule has 5 nitrogen and oxygen atoms in total. The van der Waals surface area contributed by atoms with Crippen LogP contribution >= 0.6 is 0 Å². The molecule has 0 fully saturated rings. The van der Waals surface area contributed by atoms with Crippen LogP contribution in [0.4, 0.5) is 0 Å². The Kier molecular flexibility index (Phi) is 5.80. The number of aromatic nitrogens is 3. The molecule has 3 aromatic rings. The topological polar surface area (TPSA) is 56.8 Å². The first-order valence-electron chi connectivity index (χ1n) is 10.1. The van der Waals surface area contributed by atoms with E-state index in [9.17, 15) is 0 Å². The van der Waals surface area contributed by atoms with E-state index < -0.39 is 0 Å². The van der Waals surface area contributed by atoms with Crippen molar-refractivity contribution in [3.05, 3.63) is 59.7 Å². The van der Waals surface area contributed by atoms with Crippen LogP contribution in [-0.2, 0) is 13.0 Å². The highest BCUT2D eigenvalue weighted by Gasteiger charge is 2.27. The van der Waals surface area contributed by atoms with Crippen LogP contribution in [0, 0.1) is 0 Å². The second-order valence-electron chi connectivity index (χ2n) is 7.44. The van der Waals surface area contributed by atoms with E-state index in [1.165, 1.54) is 36.9 Å². The molecule has 142 valence electrons. The average Bonchev–Trinajstić information content (AvgIpc) is 3.12. The van der Waals surface area contributed by atoms with Crippen LogP contribution in [-0.4, -0.2) is 40.0 Å². The van der Waals surface area contributed by atoms with Gasteiger partial charge in [0.25, 0.3) is 0 Å². The highest BCUT2D eigenvalue weighted by molar-refractivity contribution is 5.74. The van der Waals surface area contributed by atoms with Crippen LogP contribution in [0.5, 0.6) is 0 Å². The van der Waals surface area contributed by atoms with E-state index in [0.29, 0.717) is 6.04 Å². The third-order valence-electron chi connectivity index (χ3n) is 5.52. The van der Waals surface area contributed by atoms with E-state index >= 15 is 0 Å². The first kappa shape index (κ1) is 18.1. The van der Waals surface area contributed by atoms with E-state index in [0.717, 1.165) is 42.9 Å². The lowest BCUT2D eigenvalue weighted by atomic mass is 9.90. The Labute approximate surface area is 161 Å². The van der Waals surface area contributed by atoms with Gasteiger partial charge in [-0.2, -0.15) is 0 Å². The molecule has 2 heterocycles. The summed E-state index contributed by atoms with van der Waals surface area (Å²) >= 11 is 0. The summed E-state index contributed by atoms with van der Waals surface area (Å²) < 4.78 is 0. The Morgan fingerprint density at radius 1 is 1.19 bits per heavy atom. The van der Waals surface area contributed by atoms with Crippen molar-refractivity contribution in [3.8, 4) is 0 Å². The van der Waals surface area contributed by atoms with Gasteiger partial charge < -0.3 is 10.3 Å². The minimum Gasteiger partial charge on any atom is -0.341 e. The van der Waals surface area contributed by atoms with Crippen molar-refractivity contribution in [1.82, 2.24) is 25.2 Å². The number of aryl methyl sites for hydroxylation is 1. The smallest absolute Gasteiger partial charge is 0.121 e. The number of unbranched alkanes of at least 4 members (excludes halogenated alkanes) is 1. The number of H-pyrrole nitrogens is 1. The maximum Gasteiger partial charge on any atom is 0.121 e. The van der Waals surface area contributed by atoms with Gasteiger partial charge in [0.1, 0.15) is 5.82 Å². The summed E-state index contributed by atoms with van der Waals surface area (Å²) in [6.07, 6.45) is 7.87. The van der Waals surface area contributed by atoms with Gasteiger partial charge in [-0.1, -0.05) is 18.2 Å². The fraction of sp³-hybridized carbons (Fsp3) is 0.455. The molecule has 0 saturated carbocycles. The summed E-state index contributed by atoms with van der Waals surface area (Å²) in [4.78, 5) is 15.7. The highest BCUT2D eigenvalue weighted by Crippen LogP contribution is 2.33. The van der Waals surface area contributed by atoms with E-state index in [4.69, 9.17) is 9.97 Å². The van der Waals surface area contributed by atoms with Gasteiger partial charge in [-0.25, -0.2) is 4.98 Å². The molecular formula is C22H29N5. The zero-order chi connectivity index (χ0) is 18.5. The molecule has 2 aromatic heterocycles. The van der Waals surface area contributed by atoms with Gasteiger partial charge in [0.05, 0.1) is 29.3 Å². The van der Waals surface area contributed by atoms with Gasteiger partial charge in [0.2, 0.25) is 0 Å². The average molecular weight is 364 g/mol. The van der Waals surface area contributed by atoms with Gasteiger partial charge in [0.15, 0.2) is 0 Å². The Bertz CT molecular complexity index is 839. The molecule has 0 aliphatic heterocycles. The van der Waals surface area contributed by atoms with Gasteiger partial charge in [-0.15, -0.1) is 0 Å². The number of hydrogen-bond donors (Lipinski definition) is 2. The van der Waals surface area contributed by atoms with Gasteiger partial charge in [0, 0.05) is 6.20 Å². The standard InChI is InChI=1S/C22H29N5/c1-23-13-4-5-15-27(16-21-25-18-10-2-3-11-19(18)26-21)20-12-6-8-17-9-7-14-24-22(17)20/h2-3,7,9-11,14,20,23H,4-6,8,12-13,15-16H2,1H3,(H,25,26)/t20-/m0/s1. The van der Waals surface area contributed by atoms with Crippen LogP contribution < -0.4 is 5.32 Å². The second-order valence-corrected chi connectivity index (χ2v) is 7.44. The molecule has 0 saturated heterocycles. The van der Waals surface area contributed by atoms with E-state index in [-0.39, 0.29) is 0 Å². The number of imidazole rings is 1. The summed E-state index contributed by atoms with van der Waals surface area (Å²) in [6, 6.07) is 13.0. The molecule has 1 aliphatic rings. The predicted molar refractivity (Wildman–Crippen MR) is 110 cm³/mol. The Hall–Kier alpha value is -2.24. The lowest BCUT2D eigenvalue weighted by Gasteiger charge is -2.34. The lowest BCUT2D eigenvalue weighted by molar-refractivity contribution is 0.159. The summed E-state index contributed by atoms with van der Waals surface area (Å²) in [5, 5.41) is 3.25. The molecule has 1 aromatic carbocycles. The van der Waals surface area contributed by atoms with Crippen LogP contribution in [0.25, 0.3) is 11.0 Å². The zero-order valence-corrected chi connectivity index (χ0v) is 16.1. The van der Waals surface area contributed by atoms with E-state index in [1.54, 1.807) is 0 Å². The largest absolute Gasteiger partial charge is 0.341 e. The third-order valence-corrected chi connectivity index (χ3v) is 5.52. The second kappa shape index (κ2) is 8.63. The first-order valence-corrected chi connectivity index (χ1v) is 10.1. The minimum atomic E-state index is 0.387. The fourth-order valence-electron chi connectivity index (χ4n) is 4.17. The Balaban J connectivity index is 1.57. The summed E-state index contributed by atoms with van der Waals surface area (Å²) in [5.41, 5.74) is 4.85. The van der Waals surface area contributed by atoms with Crippen LogP contribution in [0.15, 0.2) is 42.6 Å². The summed E-state index contributed by atoms with van der Waals surface area (Å²) in [5.74, 6) is 1.05. The fourth-order valence-corrected chi connectivity index (χ4v) is 4.17. The summed E-state index contributed by atoms with van der Waals surface area (Å²) in [7, 11) is 2.02. The van der Waals surface area contributed by atoms with Crippen molar-refractivity contribution in [2.45, 2.75) is 44.7 Å². The highest BCUT2D eigenvalue weighted by atomic mass is 15.2. The molecule has 0 bridgehead atoms. The van der Waals surface area contributed by atoms with Crippen molar-refractivity contribution in [2.75, 3.05) is 20.1 Å². The van der Waals surface area contributed by atoms with Crippen LogP contribution in [0.3, 0.4) is 0 Å². The van der Waals surface area contributed by atoms with Crippen LogP contribution in [0.1, 0.15) is 48.8 Å². The predicted octanol–water partition coefficient (Wildman–Crippen LogP) is 3.84. The SMILES string of the molecule is CNCCCCN(Cc1nc2ccccc2[nH]1)[C@H]1CCCc2cccnc21. The third kappa shape index (κ3) is 4.20. The van der Waals surface area contributed by atoms with Gasteiger partial charge >= 0.3 is 0 Å². The molecule has 0 radical (unpaired) electrons. The van der Waals surface area contributed by atoms with E-state index in [2.05, 4.69) is 45.5 Å². The summed E-state index contributed by atoms with van der Waals surface area (Å²) in [6.45, 7) is 2.98. The molecule has 5 heteroatoms. The van der Waals surface area contributed by atoms with Crippen molar-refractivity contribution in [2.24, 2.45) is 0 Å². The molecule has 0 spiro atoms. The number of benzene rings is 1. The van der Waals surface area contributed by atoms with E-state index in [1.807, 2.05) is 19.3 Å². The Morgan fingerprint density at radius 2 is 2.11 bits per heavy atom. The molecule has 2 N–H and O–H groups in total. The molecule has 27 heavy (non-hydrogen) atoms. The van der Waals surface area contributed by atoms with Crippen molar-refractivity contribution < 1.29 is 0 Å². The molecular weight excluding hydrogens is 334 g/mol. The number of fused-ring (bicyclic) bond motifs is 2. The molecule has 1 aliphatic carbocycles. The lowest BCUT2D eigenvalue weighted by Crippen LogP contribution is -2.33. The maximum atomic E-state index is 4.82. The van der Waals surface area contributed by atoms with Crippen molar-refractivity contribution in [1.29, 1.82) is 0 Å². The first-order chi connectivity index (χ1) is 13.3. The number of pyridine rings is 1. The molecule has 4 rings (SSSR count). The van der Waals surface area contributed by atoms with Crippen molar-refractivity contribution in [3.63, 3.8) is 0 Å². The van der Waals surface area contributed by atoms with Gasteiger partial charge in [-0.3, -0.25) is 9.88 Å². The quantitative estimate of drug-likeness (QED) is 0.597. The molecule has 0 unspecified atom stereocenters. The number of nitrogens with one attached hydrogen (secondary N) is 2. The van der Waals surface area contributed by atoms with Gasteiger partial charge in [-0.05, 0) is 76.0 Å². The minimum absolute atomic E-state index is 0.387. The maximum absolute atomic E-state index is 4.82. The van der Waals surface area contributed by atoms with Crippen molar-refractivity contribution >= 4 is 11.0 Å². The number of para-hydroxylation sites is 2. The molecule has 1 atom stereocenters. The zero-order valence-electron chi connectivity index (χ0n) is 16.1. The number of rotatable bonds is 8. The molecule has 0 amide bonds. The number of hydrogen-bond acceptors (Lipinski definition) is 4. The normalized spacial score (nSPS) is 16.7.